The fraction of sp³-hybridized carbons (Fsp3) is 0.250. The van der Waals surface area contributed by atoms with Gasteiger partial charge in [0, 0.05) is 10.0 Å². The third-order valence-corrected chi connectivity index (χ3v) is 3.59. The molecular formula is C16H16BrFO2. The fourth-order valence-electron chi connectivity index (χ4n) is 1.93. The summed E-state index contributed by atoms with van der Waals surface area (Å²) in [5.74, 6) is 0.811. The Morgan fingerprint density at radius 1 is 1.10 bits per heavy atom. The molecule has 1 N–H and O–H groups in total. The molecule has 2 aromatic carbocycles. The molecule has 0 saturated heterocycles. The van der Waals surface area contributed by atoms with Gasteiger partial charge >= 0.3 is 0 Å². The topological polar surface area (TPSA) is 29.5 Å². The van der Waals surface area contributed by atoms with E-state index in [0.29, 0.717) is 22.6 Å². The molecule has 0 amide bonds. The molecule has 0 aromatic heterocycles. The summed E-state index contributed by atoms with van der Waals surface area (Å²) in [6, 6.07) is 8.58. The number of aliphatic hydroxyl groups excluding tert-OH is 1. The molecule has 0 aliphatic heterocycles. The summed E-state index contributed by atoms with van der Waals surface area (Å²) in [5, 5.41) is 9.76. The van der Waals surface area contributed by atoms with Crippen molar-refractivity contribution in [2.75, 3.05) is 0 Å². The Hall–Kier alpha value is -1.39. The van der Waals surface area contributed by atoms with Gasteiger partial charge in [-0.2, -0.15) is 0 Å². The number of benzene rings is 2. The highest BCUT2D eigenvalue weighted by Gasteiger charge is 2.14. The first-order chi connectivity index (χ1) is 9.38. The largest absolute Gasteiger partial charge is 0.457 e. The SMILES string of the molecule is Cc1cc(Oc2ccc(Br)cc2C)c([C@@H](C)O)cc1F. The van der Waals surface area contributed by atoms with Gasteiger partial charge in [-0.25, -0.2) is 4.39 Å². The van der Waals surface area contributed by atoms with E-state index in [0.717, 1.165) is 10.0 Å². The molecule has 106 valence electrons. The predicted molar refractivity (Wildman–Crippen MR) is 80.7 cm³/mol. The third kappa shape index (κ3) is 3.19. The van der Waals surface area contributed by atoms with E-state index in [2.05, 4.69) is 15.9 Å². The Bertz CT molecular complexity index is 639. The van der Waals surface area contributed by atoms with Gasteiger partial charge in [-0.05, 0) is 62.2 Å². The smallest absolute Gasteiger partial charge is 0.133 e. The monoisotopic (exact) mass is 338 g/mol. The first kappa shape index (κ1) is 15.0. The summed E-state index contributed by atoms with van der Waals surface area (Å²) in [7, 11) is 0. The lowest BCUT2D eigenvalue weighted by Crippen LogP contribution is -1.99. The summed E-state index contributed by atoms with van der Waals surface area (Å²) in [6.45, 7) is 5.19. The number of ether oxygens (including phenoxy) is 1. The fourth-order valence-corrected chi connectivity index (χ4v) is 2.41. The maximum atomic E-state index is 13.6. The van der Waals surface area contributed by atoms with Crippen LogP contribution < -0.4 is 4.74 Å². The molecule has 0 radical (unpaired) electrons. The van der Waals surface area contributed by atoms with Crippen molar-refractivity contribution < 1.29 is 14.2 Å². The third-order valence-electron chi connectivity index (χ3n) is 3.10. The molecule has 0 spiro atoms. The standard InChI is InChI=1S/C16H16BrFO2/c1-9-7-16(13(11(3)19)8-14(9)18)20-15-5-4-12(17)6-10(15)2/h4-8,11,19H,1-3H3/t11-/m1/s1. The molecule has 0 bridgehead atoms. The normalized spacial score (nSPS) is 12.3. The highest BCUT2D eigenvalue weighted by molar-refractivity contribution is 9.10. The van der Waals surface area contributed by atoms with Gasteiger partial charge < -0.3 is 9.84 Å². The van der Waals surface area contributed by atoms with Crippen LogP contribution in [0.2, 0.25) is 0 Å². The van der Waals surface area contributed by atoms with Crippen LogP contribution in [-0.2, 0) is 0 Å². The number of hydrogen-bond acceptors (Lipinski definition) is 2. The Morgan fingerprint density at radius 2 is 1.80 bits per heavy atom. The lowest BCUT2D eigenvalue weighted by atomic mass is 10.1. The van der Waals surface area contributed by atoms with E-state index in [1.54, 1.807) is 19.9 Å². The summed E-state index contributed by atoms with van der Waals surface area (Å²) >= 11 is 3.40. The molecule has 4 heteroatoms. The van der Waals surface area contributed by atoms with Crippen molar-refractivity contribution in [3.63, 3.8) is 0 Å². The van der Waals surface area contributed by atoms with Crippen LogP contribution in [-0.4, -0.2) is 5.11 Å². The van der Waals surface area contributed by atoms with E-state index in [9.17, 15) is 9.50 Å². The van der Waals surface area contributed by atoms with Crippen molar-refractivity contribution in [3.8, 4) is 11.5 Å². The molecule has 2 nitrogen and oxygen atoms in total. The Balaban J connectivity index is 2.44. The molecule has 0 unspecified atom stereocenters. The van der Waals surface area contributed by atoms with E-state index in [1.807, 2.05) is 25.1 Å². The van der Waals surface area contributed by atoms with Crippen molar-refractivity contribution in [1.82, 2.24) is 0 Å². The Kier molecular flexibility index (Phi) is 4.45. The molecule has 20 heavy (non-hydrogen) atoms. The average Bonchev–Trinajstić information content (AvgIpc) is 2.36. The second-order valence-corrected chi connectivity index (χ2v) is 5.74. The van der Waals surface area contributed by atoms with Gasteiger partial charge in [-0.15, -0.1) is 0 Å². The number of rotatable bonds is 3. The second kappa shape index (κ2) is 5.94. The summed E-state index contributed by atoms with van der Waals surface area (Å²) in [6.07, 6.45) is -0.796. The minimum atomic E-state index is -0.796. The zero-order chi connectivity index (χ0) is 14.9. The van der Waals surface area contributed by atoms with Crippen LogP contribution >= 0.6 is 15.9 Å². The molecule has 2 aromatic rings. The maximum Gasteiger partial charge on any atom is 0.133 e. The van der Waals surface area contributed by atoms with Gasteiger partial charge in [0.2, 0.25) is 0 Å². The Labute approximate surface area is 126 Å². The van der Waals surface area contributed by atoms with E-state index in [1.165, 1.54) is 6.07 Å². The van der Waals surface area contributed by atoms with Gasteiger partial charge in [0.25, 0.3) is 0 Å². The minimum absolute atomic E-state index is 0.347. The summed E-state index contributed by atoms with van der Waals surface area (Å²) in [4.78, 5) is 0. The molecule has 0 aliphatic carbocycles. The first-order valence-electron chi connectivity index (χ1n) is 6.30. The number of hydrogen-bond donors (Lipinski definition) is 1. The van der Waals surface area contributed by atoms with Crippen molar-refractivity contribution in [1.29, 1.82) is 0 Å². The van der Waals surface area contributed by atoms with Gasteiger partial charge in [-0.1, -0.05) is 15.9 Å². The van der Waals surface area contributed by atoms with Crippen molar-refractivity contribution in [3.05, 3.63) is 57.3 Å². The molecule has 2 rings (SSSR count). The van der Waals surface area contributed by atoms with Gasteiger partial charge in [0.05, 0.1) is 6.10 Å². The van der Waals surface area contributed by atoms with Gasteiger partial charge in [-0.3, -0.25) is 0 Å². The molecule has 0 heterocycles. The zero-order valence-corrected chi connectivity index (χ0v) is 13.2. The van der Waals surface area contributed by atoms with Crippen molar-refractivity contribution in [2.24, 2.45) is 0 Å². The predicted octanol–water partition coefficient (Wildman–Crippen LogP) is 5.05. The van der Waals surface area contributed by atoms with E-state index < -0.39 is 6.10 Å². The minimum Gasteiger partial charge on any atom is -0.457 e. The second-order valence-electron chi connectivity index (χ2n) is 4.83. The lowest BCUT2D eigenvalue weighted by Gasteiger charge is -2.16. The number of aliphatic hydroxyl groups is 1. The summed E-state index contributed by atoms with van der Waals surface area (Å²) < 4.78 is 20.4. The van der Waals surface area contributed by atoms with Crippen molar-refractivity contribution in [2.45, 2.75) is 26.9 Å². The quantitative estimate of drug-likeness (QED) is 0.848. The maximum absolute atomic E-state index is 13.6. The van der Waals surface area contributed by atoms with Gasteiger partial charge in [0.15, 0.2) is 0 Å². The van der Waals surface area contributed by atoms with Gasteiger partial charge in [0.1, 0.15) is 17.3 Å². The number of aryl methyl sites for hydroxylation is 2. The van der Waals surface area contributed by atoms with Crippen LogP contribution in [0.1, 0.15) is 29.7 Å². The Morgan fingerprint density at radius 3 is 2.40 bits per heavy atom. The van der Waals surface area contributed by atoms with Crippen LogP contribution in [0.5, 0.6) is 11.5 Å². The van der Waals surface area contributed by atoms with E-state index in [-0.39, 0.29) is 5.82 Å². The van der Waals surface area contributed by atoms with Crippen LogP contribution in [0.25, 0.3) is 0 Å². The number of halogens is 2. The first-order valence-corrected chi connectivity index (χ1v) is 7.10. The van der Waals surface area contributed by atoms with Crippen LogP contribution in [0.4, 0.5) is 4.39 Å². The van der Waals surface area contributed by atoms with Crippen molar-refractivity contribution >= 4 is 15.9 Å². The molecule has 0 fully saturated rings. The highest BCUT2D eigenvalue weighted by Crippen LogP contribution is 2.34. The average molecular weight is 339 g/mol. The molecular weight excluding hydrogens is 323 g/mol. The molecule has 0 aliphatic rings. The van der Waals surface area contributed by atoms with Crippen LogP contribution in [0.15, 0.2) is 34.8 Å². The zero-order valence-electron chi connectivity index (χ0n) is 11.6. The van der Waals surface area contributed by atoms with E-state index >= 15 is 0 Å². The highest BCUT2D eigenvalue weighted by atomic mass is 79.9. The molecule has 0 saturated carbocycles. The summed E-state index contributed by atoms with van der Waals surface area (Å²) in [5.41, 5.74) is 1.88. The van der Waals surface area contributed by atoms with E-state index in [4.69, 9.17) is 4.74 Å². The molecule has 1 atom stereocenters. The lowest BCUT2D eigenvalue weighted by molar-refractivity contribution is 0.195. The van der Waals surface area contributed by atoms with Crippen LogP contribution in [0.3, 0.4) is 0 Å². The van der Waals surface area contributed by atoms with Crippen LogP contribution in [0, 0.1) is 19.7 Å².